The molecule has 0 aliphatic heterocycles. The van der Waals surface area contributed by atoms with Crippen LogP contribution in [0.15, 0.2) is 0 Å². The summed E-state index contributed by atoms with van der Waals surface area (Å²) >= 11 is 0. The molecule has 0 atom stereocenters. The van der Waals surface area contributed by atoms with E-state index in [1.807, 2.05) is 6.92 Å². The Labute approximate surface area is 66.7 Å². The predicted molar refractivity (Wildman–Crippen MR) is 40.5 cm³/mol. The van der Waals surface area contributed by atoms with Crippen LogP contribution in [0.3, 0.4) is 0 Å². The molecule has 0 spiro atoms. The summed E-state index contributed by atoms with van der Waals surface area (Å²) in [5, 5.41) is 0. The van der Waals surface area contributed by atoms with Crippen LogP contribution in [0.1, 0.15) is 26.2 Å². The summed E-state index contributed by atoms with van der Waals surface area (Å²) in [5.41, 5.74) is 0. The average molecular weight is 180 g/mol. The molecule has 0 rings (SSSR count). The summed E-state index contributed by atoms with van der Waals surface area (Å²) in [6.45, 7) is 1.91. The minimum atomic E-state index is -3.57. The summed E-state index contributed by atoms with van der Waals surface area (Å²) in [4.78, 5) is 9.65. The molecule has 5 heteroatoms. The Morgan fingerprint density at radius 1 is 1.36 bits per heavy atom. The number of rotatable bonds is 6. The van der Waals surface area contributed by atoms with Gasteiger partial charge in [0.15, 0.2) is 0 Å². The summed E-state index contributed by atoms with van der Waals surface area (Å²) in [5.74, 6) is -0.0699. The van der Waals surface area contributed by atoms with Crippen molar-refractivity contribution in [3.05, 3.63) is 0 Å². The van der Waals surface area contributed by atoms with Gasteiger partial charge in [0.25, 0.3) is 0 Å². The van der Waals surface area contributed by atoms with Crippen molar-refractivity contribution in [2.24, 2.45) is 0 Å². The van der Waals surface area contributed by atoms with Gasteiger partial charge in [0.05, 0.1) is 5.75 Å². The molecule has 0 aromatic rings. The van der Waals surface area contributed by atoms with E-state index < -0.39 is 10.1 Å². The van der Waals surface area contributed by atoms with Crippen LogP contribution in [0.2, 0.25) is 0 Å². The van der Waals surface area contributed by atoms with E-state index in [1.165, 1.54) is 0 Å². The Morgan fingerprint density at radius 2 is 2.00 bits per heavy atom. The fourth-order valence-electron chi connectivity index (χ4n) is 0.637. The molecule has 4 nitrogen and oxygen atoms in total. The fraction of sp³-hybridized carbons (Fsp3) is 0.833. The molecule has 11 heavy (non-hydrogen) atoms. The highest BCUT2D eigenvalue weighted by Gasteiger charge is 2.08. The van der Waals surface area contributed by atoms with E-state index in [0.29, 0.717) is 6.42 Å². The van der Waals surface area contributed by atoms with Crippen LogP contribution in [0.5, 0.6) is 0 Å². The highest BCUT2D eigenvalue weighted by atomic mass is 32.2. The minimum Gasteiger partial charge on any atom is -0.349 e. The van der Waals surface area contributed by atoms with Crippen molar-refractivity contribution in [2.45, 2.75) is 26.2 Å². The third kappa shape index (κ3) is 5.84. The molecule has 0 radical (unpaired) electrons. The minimum absolute atomic E-state index is 0.0543. The molecule has 0 N–H and O–H groups in total. The highest BCUT2D eigenvalue weighted by Crippen LogP contribution is 1.99. The molecule has 0 fully saturated rings. The molecule has 0 saturated heterocycles. The Bertz CT molecular complexity index is 195. The van der Waals surface area contributed by atoms with Crippen molar-refractivity contribution in [3.63, 3.8) is 0 Å². The Hall–Kier alpha value is -0.580. The Kier molecular flexibility index (Phi) is 4.85. The average Bonchev–Trinajstić information content (AvgIpc) is 1.87. The lowest BCUT2D eigenvalue weighted by atomic mass is 10.3. The van der Waals surface area contributed by atoms with Crippen LogP contribution >= 0.6 is 0 Å². The second kappa shape index (κ2) is 5.12. The van der Waals surface area contributed by atoms with E-state index in [2.05, 4.69) is 4.18 Å². The predicted octanol–water partition coefficient (Wildman–Crippen LogP) is 0.679. The van der Waals surface area contributed by atoms with Gasteiger partial charge in [-0.2, -0.15) is 8.42 Å². The van der Waals surface area contributed by atoms with Crippen LogP contribution in [-0.4, -0.2) is 20.6 Å². The van der Waals surface area contributed by atoms with Crippen molar-refractivity contribution >= 4 is 16.6 Å². The van der Waals surface area contributed by atoms with Gasteiger partial charge in [0.1, 0.15) is 0 Å². The zero-order valence-electron chi connectivity index (χ0n) is 6.45. The maximum atomic E-state index is 10.7. The van der Waals surface area contributed by atoms with Crippen molar-refractivity contribution in [1.29, 1.82) is 0 Å². The second-order valence-electron chi connectivity index (χ2n) is 2.16. The number of carbonyl (C=O) groups is 1. The maximum absolute atomic E-state index is 10.7. The first-order valence-corrected chi connectivity index (χ1v) is 5.04. The second-order valence-corrected chi connectivity index (χ2v) is 3.88. The number of carbonyl (C=O) groups excluding carboxylic acids is 1. The zero-order valence-corrected chi connectivity index (χ0v) is 7.26. The van der Waals surface area contributed by atoms with Gasteiger partial charge in [-0.3, -0.25) is 4.79 Å². The quantitative estimate of drug-likeness (QED) is 0.342. The van der Waals surface area contributed by atoms with E-state index >= 15 is 0 Å². The molecular formula is C6H12O4S. The van der Waals surface area contributed by atoms with Crippen LogP contribution < -0.4 is 0 Å². The van der Waals surface area contributed by atoms with Gasteiger partial charge in [-0.25, -0.2) is 0 Å². The largest absolute Gasteiger partial charge is 0.349 e. The summed E-state index contributed by atoms with van der Waals surface area (Å²) < 4.78 is 25.2. The maximum Gasteiger partial charge on any atom is 0.311 e. The van der Waals surface area contributed by atoms with Gasteiger partial charge in [0.2, 0.25) is 0 Å². The van der Waals surface area contributed by atoms with Gasteiger partial charge in [-0.15, -0.1) is 0 Å². The molecule has 0 aliphatic rings. The van der Waals surface area contributed by atoms with Crippen molar-refractivity contribution in [1.82, 2.24) is 0 Å². The van der Waals surface area contributed by atoms with Gasteiger partial charge < -0.3 is 4.18 Å². The monoisotopic (exact) mass is 180 g/mol. The van der Waals surface area contributed by atoms with E-state index in [4.69, 9.17) is 0 Å². The third-order valence-electron chi connectivity index (χ3n) is 1.18. The van der Waals surface area contributed by atoms with Crippen molar-refractivity contribution < 1.29 is 17.4 Å². The third-order valence-corrected chi connectivity index (χ3v) is 2.34. The number of hydrogen-bond donors (Lipinski definition) is 0. The first-order valence-electron chi connectivity index (χ1n) is 3.47. The van der Waals surface area contributed by atoms with Crippen LogP contribution in [0.4, 0.5) is 0 Å². The Morgan fingerprint density at radius 3 is 2.45 bits per heavy atom. The highest BCUT2D eigenvalue weighted by molar-refractivity contribution is 7.87. The SMILES string of the molecule is CCCCCS(=O)(=O)OC=O. The standard InChI is InChI=1S/C6H12O4S/c1-2-3-4-5-11(8,9)10-6-7/h6H,2-5H2,1H3. The van der Waals surface area contributed by atoms with Gasteiger partial charge in [-0.05, 0) is 6.42 Å². The molecule has 0 aromatic carbocycles. The zero-order chi connectivity index (χ0) is 8.74. The van der Waals surface area contributed by atoms with Crippen LogP contribution in [-0.2, 0) is 19.1 Å². The lowest BCUT2D eigenvalue weighted by molar-refractivity contribution is -0.120. The molecular weight excluding hydrogens is 168 g/mol. The molecule has 0 bridgehead atoms. The number of hydrogen-bond acceptors (Lipinski definition) is 4. The summed E-state index contributed by atoms with van der Waals surface area (Å²) in [6.07, 6.45) is 2.32. The molecule has 0 aliphatic carbocycles. The normalized spacial score (nSPS) is 11.0. The first kappa shape index (κ1) is 10.4. The lowest BCUT2D eigenvalue weighted by Gasteiger charge is -1.98. The van der Waals surface area contributed by atoms with Crippen LogP contribution in [0, 0.1) is 0 Å². The van der Waals surface area contributed by atoms with Gasteiger partial charge >= 0.3 is 16.6 Å². The van der Waals surface area contributed by atoms with E-state index in [0.717, 1.165) is 12.8 Å². The van der Waals surface area contributed by atoms with Crippen LogP contribution in [0.25, 0.3) is 0 Å². The smallest absolute Gasteiger partial charge is 0.311 e. The molecule has 0 heterocycles. The van der Waals surface area contributed by atoms with Gasteiger partial charge in [-0.1, -0.05) is 19.8 Å². The summed E-state index contributed by atoms with van der Waals surface area (Å²) in [6, 6.07) is 0. The van der Waals surface area contributed by atoms with Gasteiger partial charge in [0, 0.05) is 0 Å². The number of unbranched alkanes of at least 4 members (excludes halogenated alkanes) is 2. The molecule has 0 amide bonds. The van der Waals surface area contributed by atoms with E-state index in [-0.39, 0.29) is 12.2 Å². The topological polar surface area (TPSA) is 60.4 Å². The van der Waals surface area contributed by atoms with E-state index in [1.54, 1.807) is 0 Å². The molecule has 66 valence electrons. The molecule has 0 aromatic heterocycles. The van der Waals surface area contributed by atoms with Crippen molar-refractivity contribution in [2.75, 3.05) is 5.75 Å². The summed E-state index contributed by atoms with van der Waals surface area (Å²) in [7, 11) is -3.57. The molecule has 0 unspecified atom stereocenters. The van der Waals surface area contributed by atoms with E-state index in [9.17, 15) is 13.2 Å². The van der Waals surface area contributed by atoms with Crippen molar-refractivity contribution in [3.8, 4) is 0 Å². The fourth-order valence-corrected chi connectivity index (χ4v) is 1.41. The Balaban J connectivity index is 3.65. The lowest BCUT2D eigenvalue weighted by Crippen LogP contribution is -2.09. The molecule has 0 saturated carbocycles. The first-order chi connectivity index (χ1) is 5.12.